The minimum atomic E-state index is -0.195. The molecule has 0 saturated carbocycles. The van der Waals surface area contributed by atoms with Crippen LogP contribution in [0, 0.1) is 11.7 Å². The molecule has 1 aromatic carbocycles. The molecule has 0 spiro atoms. The van der Waals surface area contributed by atoms with E-state index in [0.717, 1.165) is 11.3 Å². The summed E-state index contributed by atoms with van der Waals surface area (Å²) in [6.45, 7) is 8.18. The normalized spacial score (nSPS) is 11.9. The minimum Gasteiger partial charge on any atom is -0.321 e. The van der Waals surface area contributed by atoms with Crippen molar-refractivity contribution in [1.29, 1.82) is 0 Å². The standard InChI is InChI=1S/C17H20FN3/c1-12(2)13(3)21-11-14(8-9-17(21)20-19)10-15-6-4-5-7-16(15)18/h4-9,11-12H,3,10,19H2,1-2H3/b20-17-. The number of rotatable bonds is 4. The quantitative estimate of drug-likeness (QED) is 0.680. The molecule has 0 atom stereocenters. The van der Waals surface area contributed by atoms with Crippen LogP contribution in [0.15, 0.2) is 54.3 Å². The van der Waals surface area contributed by atoms with Gasteiger partial charge in [-0.2, -0.15) is 5.10 Å². The highest BCUT2D eigenvalue weighted by Crippen LogP contribution is 2.15. The number of nitrogens with zero attached hydrogens (tertiary/aromatic N) is 2. The van der Waals surface area contributed by atoms with Crippen LogP contribution in [0.3, 0.4) is 0 Å². The summed E-state index contributed by atoms with van der Waals surface area (Å²) in [6, 6.07) is 10.5. The zero-order valence-electron chi connectivity index (χ0n) is 12.4. The first kappa shape index (κ1) is 15.0. The van der Waals surface area contributed by atoms with Crippen LogP contribution in [0.1, 0.15) is 25.0 Å². The lowest BCUT2D eigenvalue weighted by Crippen LogP contribution is -2.23. The number of aromatic nitrogens is 1. The summed E-state index contributed by atoms with van der Waals surface area (Å²) in [6.07, 6.45) is 2.43. The minimum absolute atomic E-state index is 0.195. The fourth-order valence-electron chi connectivity index (χ4n) is 2.12. The summed E-state index contributed by atoms with van der Waals surface area (Å²) >= 11 is 0. The summed E-state index contributed by atoms with van der Waals surface area (Å²) < 4.78 is 15.6. The van der Waals surface area contributed by atoms with E-state index in [9.17, 15) is 4.39 Å². The van der Waals surface area contributed by atoms with E-state index in [0.29, 0.717) is 17.5 Å². The average molecular weight is 285 g/mol. The molecular weight excluding hydrogens is 265 g/mol. The van der Waals surface area contributed by atoms with Crippen molar-refractivity contribution in [2.24, 2.45) is 16.9 Å². The summed E-state index contributed by atoms with van der Waals surface area (Å²) in [5.41, 5.74) is 3.17. The highest BCUT2D eigenvalue weighted by atomic mass is 19.1. The Kier molecular flexibility index (Phi) is 4.58. The van der Waals surface area contributed by atoms with E-state index in [1.54, 1.807) is 12.1 Å². The monoisotopic (exact) mass is 285 g/mol. The Hall–Kier alpha value is -2.36. The van der Waals surface area contributed by atoms with Gasteiger partial charge in [-0.1, -0.05) is 44.7 Å². The Morgan fingerprint density at radius 3 is 2.62 bits per heavy atom. The number of pyridine rings is 1. The molecule has 1 aromatic heterocycles. The first-order valence-corrected chi connectivity index (χ1v) is 6.91. The average Bonchev–Trinajstić information content (AvgIpc) is 2.48. The van der Waals surface area contributed by atoms with E-state index in [1.165, 1.54) is 6.07 Å². The van der Waals surface area contributed by atoms with Crippen molar-refractivity contribution >= 4 is 5.70 Å². The van der Waals surface area contributed by atoms with Crippen LogP contribution < -0.4 is 11.3 Å². The van der Waals surface area contributed by atoms with Crippen molar-refractivity contribution in [2.45, 2.75) is 20.3 Å². The molecule has 2 aromatic rings. The second-order valence-corrected chi connectivity index (χ2v) is 5.31. The first-order valence-electron chi connectivity index (χ1n) is 6.91. The van der Waals surface area contributed by atoms with Gasteiger partial charge in [-0.05, 0) is 29.2 Å². The van der Waals surface area contributed by atoms with E-state index in [1.807, 2.05) is 29.0 Å². The van der Waals surface area contributed by atoms with Crippen LogP contribution in [-0.4, -0.2) is 4.57 Å². The van der Waals surface area contributed by atoms with Gasteiger partial charge in [-0.15, -0.1) is 0 Å². The Balaban J connectivity index is 2.41. The van der Waals surface area contributed by atoms with Gasteiger partial charge in [-0.3, -0.25) is 0 Å². The predicted molar refractivity (Wildman–Crippen MR) is 83.6 cm³/mol. The smallest absolute Gasteiger partial charge is 0.156 e. The Labute approximate surface area is 124 Å². The molecule has 0 fully saturated rings. The topological polar surface area (TPSA) is 43.3 Å². The molecule has 0 radical (unpaired) electrons. The molecule has 4 heteroatoms. The largest absolute Gasteiger partial charge is 0.321 e. The van der Waals surface area contributed by atoms with Gasteiger partial charge in [0.25, 0.3) is 0 Å². The highest BCUT2D eigenvalue weighted by Gasteiger charge is 2.07. The molecule has 0 unspecified atom stereocenters. The molecular formula is C17H20FN3. The number of hydrogen-bond acceptors (Lipinski definition) is 2. The van der Waals surface area contributed by atoms with Crippen LogP contribution in [-0.2, 0) is 6.42 Å². The lowest BCUT2D eigenvalue weighted by atomic mass is 10.1. The number of halogens is 1. The van der Waals surface area contributed by atoms with E-state index in [2.05, 4.69) is 25.5 Å². The molecule has 0 aliphatic rings. The van der Waals surface area contributed by atoms with E-state index in [4.69, 9.17) is 5.84 Å². The molecule has 0 amide bonds. The summed E-state index contributed by atoms with van der Waals surface area (Å²) in [7, 11) is 0. The fraction of sp³-hybridized carbons (Fsp3) is 0.235. The summed E-state index contributed by atoms with van der Waals surface area (Å²) in [5.74, 6) is 5.49. The van der Waals surface area contributed by atoms with Crippen LogP contribution in [0.2, 0.25) is 0 Å². The molecule has 2 rings (SSSR count). The molecule has 0 aliphatic carbocycles. The molecule has 0 bridgehead atoms. The van der Waals surface area contributed by atoms with Crippen LogP contribution in [0.25, 0.3) is 5.70 Å². The number of benzene rings is 1. The second-order valence-electron chi connectivity index (χ2n) is 5.31. The third kappa shape index (κ3) is 3.40. The molecule has 110 valence electrons. The molecule has 2 N–H and O–H groups in total. The second kappa shape index (κ2) is 6.39. The number of hydrogen-bond donors (Lipinski definition) is 1. The van der Waals surface area contributed by atoms with Gasteiger partial charge in [0.2, 0.25) is 0 Å². The third-order valence-corrected chi connectivity index (χ3v) is 3.45. The van der Waals surface area contributed by atoms with Crippen molar-refractivity contribution in [3.63, 3.8) is 0 Å². The Morgan fingerprint density at radius 2 is 2.00 bits per heavy atom. The van der Waals surface area contributed by atoms with Crippen LogP contribution in [0.5, 0.6) is 0 Å². The fourth-order valence-corrected chi connectivity index (χ4v) is 2.12. The van der Waals surface area contributed by atoms with Gasteiger partial charge in [0.15, 0.2) is 5.49 Å². The number of allylic oxidation sites excluding steroid dienone is 1. The van der Waals surface area contributed by atoms with Gasteiger partial charge in [0.05, 0.1) is 0 Å². The number of nitrogens with two attached hydrogens (primary N) is 1. The van der Waals surface area contributed by atoms with Crippen molar-refractivity contribution in [3.8, 4) is 0 Å². The van der Waals surface area contributed by atoms with Crippen molar-refractivity contribution in [3.05, 3.63) is 71.6 Å². The van der Waals surface area contributed by atoms with Crippen molar-refractivity contribution < 1.29 is 4.39 Å². The van der Waals surface area contributed by atoms with E-state index < -0.39 is 0 Å². The zero-order valence-corrected chi connectivity index (χ0v) is 12.4. The van der Waals surface area contributed by atoms with Gasteiger partial charge in [-0.25, -0.2) is 4.39 Å². The van der Waals surface area contributed by atoms with E-state index >= 15 is 0 Å². The lowest BCUT2D eigenvalue weighted by molar-refractivity contribution is 0.613. The molecule has 1 heterocycles. The Bertz CT molecular complexity index is 714. The zero-order chi connectivity index (χ0) is 15.4. The highest BCUT2D eigenvalue weighted by molar-refractivity contribution is 5.44. The van der Waals surface area contributed by atoms with Gasteiger partial charge in [0.1, 0.15) is 5.82 Å². The van der Waals surface area contributed by atoms with Gasteiger partial charge in [0, 0.05) is 18.3 Å². The maximum Gasteiger partial charge on any atom is 0.156 e. The first-order chi connectivity index (χ1) is 10.0. The third-order valence-electron chi connectivity index (χ3n) is 3.45. The maximum atomic E-state index is 13.7. The SMILES string of the molecule is C=C(C(C)C)n1cc(Cc2ccccc2F)cc/c1=N/N. The Morgan fingerprint density at radius 1 is 1.29 bits per heavy atom. The van der Waals surface area contributed by atoms with Crippen LogP contribution in [0.4, 0.5) is 4.39 Å². The van der Waals surface area contributed by atoms with Crippen molar-refractivity contribution in [2.75, 3.05) is 0 Å². The predicted octanol–water partition coefficient (Wildman–Crippen LogP) is 3.12. The van der Waals surface area contributed by atoms with Crippen molar-refractivity contribution in [1.82, 2.24) is 4.57 Å². The molecule has 3 nitrogen and oxygen atoms in total. The molecule has 0 aliphatic heterocycles. The molecule has 0 saturated heterocycles. The summed E-state index contributed by atoms with van der Waals surface area (Å²) in [5, 5.41) is 3.77. The lowest BCUT2D eigenvalue weighted by Gasteiger charge is -2.15. The van der Waals surface area contributed by atoms with Gasteiger partial charge < -0.3 is 10.4 Å². The van der Waals surface area contributed by atoms with E-state index in [-0.39, 0.29) is 11.7 Å². The summed E-state index contributed by atoms with van der Waals surface area (Å²) in [4.78, 5) is 0. The van der Waals surface area contributed by atoms with Crippen LogP contribution >= 0.6 is 0 Å². The molecule has 21 heavy (non-hydrogen) atoms. The van der Waals surface area contributed by atoms with Gasteiger partial charge >= 0.3 is 0 Å². The maximum absolute atomic E-state index is 13.7.